The lowest BCUT2D eigenvalue weighted by molar-refractivity contribution is -0.488. The first kappa shape index (κ1) is 16.2. The lowest BCUT2D eigenvalue weighted by Crippen LogP contribution is -2.41. The number of hydrogen-bond donors (Lipinski definition) is 0. The van der Waals surface area contributed by atoms with E-state index >= 15 is 0 Å². The van der Waals surface area contributed by atoms with Crippen LogP contribution in [0.3, 0.4) is 0 Å². The smallest absolute Gasteiger partial charge is 0.223 e. The van der Waals surface area contributed by atoms with Crippen LogP contribution < -0.4 is 0 Å². The quantitative estimate of drug-likeness (QED) is 0.633. The van der Waals surface area contributed by atoms with Gasteiger partial charge in [-0.1, -0.05) is 23.7 Å². The Hall–Kier alpha value is -0.880. The molecule has 0 N–H and O–H groups in total. The third kappa shape index (κ3) is 4.62. The maximum Gasteiger partial charge on any atom is 0.223 e. The Bertz CT molecular complexity index is 408. The zero-order chi connectivity index (χ0) is 13.0. The molecule has 1 aromatic carbocycles. The van der Waals surface area contributed by atoms with Crippen LogP contribution in [0.4, 0.5) is 0 Å². The highest BCUT2D eigenvalue weighted by Gasteiger charge is 2.26. The zero-order valence-electron chi connectivity index (χ0n) is 10.3. The lowest BCUT2D eigenvalue weighted by Gasteiger charge is -2.32. The summed E-state index contributed by atoms with van der Waals surface area (Å²) in [4.78, 5) is 12.6. The van der Waals surface area contributed by atoms with Crippen LogP contribution in [0, 0.1) is 10.1 Å². The predicted molar refractivity (Wildman–Crippen MR) is 75.7 cm³/mol. The van der Waals surface area contributed by atoms with Crippen molar-refractivity contribution in [1.29, 1.82) is 0 Å². The summed E-state index contributed by atoms with van der Waals surface area (Å²) in [6.45, 7) is 2.60. The van der Waals surface area contributed by atoms with Crippen LogP contribution in [-0.2, 0) is 4.74 Å². The van der Waals surface area contributed by atoms with Crippen molar-refractivity contribution in [2.45, 2.75) is 6.04 Å². The average Bonchev–Trinajstić information content (AvgIpc) is 2.38. The molecule has 7 heteroatoms. The molecule has 1 saturated heterocycles. The molecule has 106 valence electrons. The van der Waals surface area contributed by atoms with E-state index in [4.69, 9.17) is 16.3 Å². The van der Waals surface area contributed by atoms with Crippen LogP contribution in [0.5, 0.6) is 0 Å². The number of nitro groups is 1. The van der Waals surface area contributed by atoms with Gasteiger partial charge in [-0.05, 0) is 17.7 Å². The highest BCUT2D eigenvalue weighted by Crippen LogP contribution is 2.23. The number of morpholine rings is 1. The minimum atomic E-state index is -0.269. The first-order valence-corrected chi connectivity index (χ1v) is 6.23. The van der Waals surface area contributed by atoms with Gasteiger partial charge in [0.2, 0.25) is 6.54 Å². The molecule has 1 atom stereocenters. The van der Waals surface area contributed by atoms with Crippen molar-refractivity contribution >= 4 is 24.0 Å². The molecule has 0 bridgehead atoms. The fraction of sp³-hybridized carbons (Fsp3) is 0.500. The van der Waals surface area contributed by atoms with Crippen molar-refractivity contribution in [3.63, 3.8) is 0 Å². The van der Waals surface area contributed by atoms with E-state index in [9.17, 15) is 10.1 Å². The number of halogens is 2. The van der Waals surface area contributed by atoms with Crippen molar-refractivity contribution in [1.82, 2.24) is 4.90 Å². The Morgan fingerprint density at radius 3 is 2.42 bits per heavy atom. The molecule has 1 aromatic rings. The van der Waals surface area contributed by atoms with E-state index in [-0.39, 0.29) is 29.9 Å². The summed E-state index contributed by atoms with van der Waals surface area (Å²) >= 11 is 5.84. The molecule has 19 heavy (non-hydrogen) atoms. The summed E-state index contributed by atoms with van der Waals surface area (Å²) < 4.78 is 5.28. The van der Waals surface area contributed by atoms with Gasteiger partial charge >= 0.3 is 0 Å². The van der Waals surface area contributed by atoms with Gasteiger partial charge in [0, 0.05) is 23.0 Å². The molecule has 1 aliphatic heterocycles. The molecule has 0 amide bonds. The molecule has 1 heterocycles. The SMILES string of the molecule is Cl.O=[N+]([O-])CC(c1ccc(Cl)cc1)N1CCOCC1. The molecule has 0 radical (unpaired) electrons. The van der Waals surface area contributed by atoms with E-state index in [1.165, 1.54) is 0 Å². The number of benzene rings is 1. The molecule has 0 saturated carbocycles. The van der Waals surface area contributed by atoms with Gasteiger partial charge in [0.15, 0.2) is 0 Å². The van der Waals surface area contributed by atoms with Crippen molar-refractivity contribution in [3.8, 4) is 0 Å². The summed E-state index contributed by atoms with van der Waals surface area (Å²) in [6, 6.07) is 7.04. The Kier molecular flexibility index (Phi) is 6.51. The minimum absolute atomic E-state index is 0. The maximum atomic E-state index is 10.8. The van der Waals surface area contributed by atoms with Gasteiger partial charge in [-0.25, -0.2) is 0 Å². The zero-order valence-corrected chi connectivity index (χ0v) is 11.9. The highest BCUT2D eigenvalue weighted by atomic mass is 35.5. The first-order chi connectivity index (χ1) is 8.66. The largest absolute Gasteiger partial charge is 0.379 e. The van der Waals surface area contributed by atoms with Crippen LogP contribution in [0.25, 0.3) is 0 Å². The number of hydrogen-bond acceptors (Lipinski definition) is 4. The molecule has 1 aliphatic rings. The standard InChI is InChI=1S/C12H15ClN2O3.ClH/c13-11-3-1-10(2-4-11)12(9-15(16)17)14-5-7-18-8-6-14;/h1-4,12H,5-9H2;1H. The van der Waals surface area contributed by atoms with E-state index in [0.717, 1.165) is 18.7 Å². The molecule has 1 fully saturated rings. The maximum absolute atomic E-state index is 10.8. The molecule has 0 aliphatic carbocycles. The molecule has 5 nitrogen and oxygen atoms in total. The molecule has 2 rings (SSSR count). The van der Waals surface area contributed by atoms with Crippen LogP contribution in [0.1, 0.15) is 11.6 Å². The summed E-state index contributed by atoms with van der Waals surface area (Å²) in [5, 5.41) is 11.5. The van der Waals surface area contributed by atoms with E-state index in [1.807, 2.05) is 12.1 Å². The summed E-state index contributed by atoms with van der Waals surface area (Å²) in [5.41, 5.74) is 0.929. The highest BCUT2D eigenvalue weighted by molar-refractivity contribution is 6.30. The van der Waals surface area contributed by atoms with Gasteiger partial charge in [-0.2, -0.15) is 0 Å². The van der Waals surface area contributed by atoms with E-state index < -0.39 is 0 Å². The monoisotopic (exact) mass is 306 g/mol. The Morgan fingerprint density at radius 1 is 1.32 bits per heavy atom. The Morgan fingerprint density at radius 2 is 1.89 bits per heavy atom. The van der Waals surface area contributed by atoms with E-state index in [1.54, 1.807) is 12.1 Å². The van der Waals surface area contributed by atoms with Crippen LogP contribution in [0.2, 0.25) is 5.02 Å². The molecular formula is C12H16Cl2N2O3. The summed E-state index contributed by atoms with van der Waals surface area (Å²) in [7, 11) is 0. The number of nitrogens with zero attached hydrogens (tertiary/aromatic N) is 2. The molecule has 0 aromatic heterocycles. The number of rotatable bonds is 4. The normalized spacial score (nSPS) is 17.5. The summed E-state index contributed by atoms with van der Waals surface area (Å²) in [6.07, 6.45) is 0. The van der Waals surface area contributed by atoms with Crippen LogP contribution >= 0.6 is 24.0 Å². The van der Waals surface area contributed by atoms with Crippen LogP contribution in [0.15, 0.2) is 24.3 Å². The van der Waals surface area contributed by atoms with E-state index in [0.29, 0.717) is 18.2 Å². The van der Waals surface area contributed by atoms with Crippen molar-refractivity contribution in [3.05, 3.63) is 45.0 Å². The predicted octanol–water partition coefficient (Wildman–Crippen LogP) is 2.41. The second-order valence-electron chi connectivity index (χ2n) is 4.23. The lowest BCUT2D eigenvalue weighted by atomic mass is 10.1. The average molecular weight is 307 g/mol. The van der Waals surface area contributed by atoms with E-state index in [2.05, 4.69) is 4.90 Å². The fourth-order valence-electron chi connectivity index (χ4n) is 2.15. The molecule has 0 spiro atoms. The van der Waals surface area contributed by atoms with Gasteiger partial charge in [-0.3, -0.25) is 15.0 Å². The van der Waals surface area contributed by atoms with Crippen LogP contribution in [-0.4, -0.2) is 42.7 Å². The molecule has 1 unspecified atom stereocenters. The Balaban J connectivity index is 0.00000180. The van der Waals surface area contributed by atoms with Gasteiger partial charge in [0.25, 0.3) is 0 Å². The first-order valence-electron chi connectivity index (χ1n) is 5.86. The van der Waals surface area contributed by atoms with Crippen molar-refractivity contribution < 1.29 is 9.66 Å². The van der Waals surface area contributed by atoms with Gasteiger partial charge in [0.1, 0.15) is 6.04 Å². The third-order valence-electron chi connectivity index (χ3n) is 3.06. The summed E-state index contributed by atoms with van der Waals surface area (Å²) in [5.74, 6) is 0. The second kappa shape index (κ2) is 7.65. The van der Waals surface area contributed by atoms with Gasteiger partial charge < -0.3 is 4.74 Å². The van der Waals surface area contributed by atoms with Crippen molar-refractivity contribution in [2.75, 3.05) is 32.8 Å². The Labute approximate surface area is 123 Å². The fourth-order valence-corrected chi connectivity index (χ4v) is 2.27. The number of ether oxygens (including phenoxy) is 1. The molecular weight excluding hydrogens is 291 g/mol. The van der Waals surface area contributed by atoms with Gasteiger partial charge in [-0.15, -0.1) is 12.4 Å². The third-order valence-corrected chi connectivity index (χ3v) is 3.32. The topological polar surface area (TPSA) is 55.6 Å². The van der Waals surface area contributed by atoms with Gasteiger partial charge in [0.05, 0.1) is 13.2 Å². The second-order valence-corrected chi connectivity index (χ2v) is 4.67. The van der Waals surface area contributed by atoms with Crippen molar-refractivity contribution in [2.24, 2.45) is 0 Å². The minimum Gasteiger partial charge on any atom is -0.379 e.